The molecule has 2 heterocycles. The lowest BCUT2D eigenvalue weighted by Crippen LogP contribution is -2.53. The van der Waals surface area contributed by atoms with Crippen LogP contribution in [-0.2, 0) is 10.3 Å². The number of morpholine rings is 1. The Balaban J connectivity index is 0.00000300. The van der Waals surface area contributed by atoms with E-state index in [0.717, 1.165) is 6.20 Å². The van der Waals surface area contributed by atoms with Gasteiger partial charge in [0, 0.05) is 24.3 Å². The summed E-state index contributed by atoms with van der Waals surface area (Å²) in [6.45, 7) is -0.482. The van der Waals surface area contributed by atoms with Crippen LogP contribution in [0.25, 0.3) is 0 Å². The highest BCUT2D eigenvalue weighted by molar-refractivity contribution is 6.02. The summed E-state index contributed by atoms with van der Waals surface area (Å²) < 4.78 is 48.6. The Morgan fingerprint density at radius 1 is 1.41 bits per heavy atom. The van der Waals surface area contributed by atoms with E-state index in [2.05, 4.69) is 20.4 Å². The predicted octanol–water partition coefficient (Wildman–Crippen LogP) is 2.62. The van der Waals surface area contributed by atoms with Crippen LogP contribution in [0, 0.1) is 5.82 Å². The summed E-state index contributed by atoms with van der Waals surface area (Å²) >= 11 is 0. The van der Waals surface area contributed by atoms with Crippen molar-refractivity contribution >= 4 is 24.0 Å². The maximum Gasteiger partial charge on any atom is 0.387 e. The number of carbonyl (C=O) groups excluding carboxylic acids is 1. The molecule has 0 aliphatic carbocycles. The molecule has 1 aliphatic heterocycles. The van der Waals surface area contributed by atoms with Crippen molar-refractivity contribution in [1.29, 1.82) is 0 Å². The van der Waals surface area contributed by atoms with E-state index in [1.807, 2.05) is 0 Å². The third kappa shape index (κ3) is 5.57. The second kappa shape index (κ2) is 9.40. The number of anilines is 1. The minimum Gasteiger partial charge on any atom is -0.433 e. The van der Waals surface area contributed by atoms with E-state index < -0.39 is 30.2 Å². The minimum atomic E-state index is -2.98. The second-order valence-electron chi connectivity index (χ2n) is 6.42. The molecule has 158 valence electrons. The van der Waals surface area contributed by atoms with Gasteiger partial charge >= 0.3 is 6.61 Å². The molecule has 1 amide bonds. The van der Waals surface area contributed by atoms with Gasteiger partial charge in [0.25, 0.3) is 5.91 Å². The zero-order valence-corrected chi connectivity index (χ0v) is 16.1. The lowest BCUT2D eigenvalue weighted by molar-refractivity contribution is -0.109. The molecule has 7 nitrogen and oxygen atoms in total. The average molecular weight is 433 g/mol. The molecule has 11 heteroatoms. The van der Waals surface area contributed by atoms with Gasteiger partial charge in [0.05, 0.1) is 6.20 Å². The van der Waals surface area contributed by atoms with Gasteiger partial charge in [0.15, 0.2) is 0 Å². The Labute approximate surface area is 171 Å². The first-order valence-corrected chi connectivity index (χ1v) is 8.43. The SMILES string of the molecule is CC1(c2cc(NC(=O)c3ccc(OC(F)F)cn3)ccc2F)CNC[C@H](N)O1.Cl. The topological polar surface area (TPSA) is 98.5 Å². The van der Waals surface area contributed by atoms with Crippen molar-refractivity contribution in [3.05, 3.63) is 53.6 Å². The van der Waals surface area contributed by atoms with Crippen molar-refractivity contribution in [3.8, 4) is 5.75 Å². The Morgan fingerprint density at radius 3 is 2.79 bits per heavy atom. The van der Waals surface area contributed by atoms with Crippen LogP contribution >= 0.6 is 12.4 Å². The van der Waals surface area contributed by atoms with Gasteiger partial charge in [0.1, 0.15) is 29.1 Å². The molecule has 29 heavy (non-hydrogen) atoms. The van der Waals surface area contributed by atoms with Gasteiger partial charge in [-0.3, -0.25) is 4.79 Å². The summed E-state index contributed by atoms with van der Waals surface area (Å²) in [5.41, 5.74) is 5.33. The number of carbonyl (C=O) groups is 1. The summed E-state index contributed by atoms with van der Waals surface area (Å²) in [6.07, 6.45) is 0.427. The molecule has 1 aromatic carbocycles. The van der Waals surface area contributed by atoms with Crippen LogP contribution < -0.4 is 21.1 Å². The Hall–Kier alpha value is -2.40. The standard InChI is InChI=1S/C18H19F3N4O3.ClH/c1-18(9-23-8-15(22)28-18)12-6-10(2-4-13(12)19)25-16(26)14-5-3-11(7-24-14)27-17(20)21;/h2-7,15,17,23H,8-9,22H2,1H3,(H,25,26);1H/t15-,18?;/m1./s1. The Kier molecular flexibility index (Phi) is 7.42. The summed E-state index contributed by atoms with van der Waals surface area (Å²) in [4.78, 5) is 16.1. The van der Waals surface area contributed by atoms with Crippen molar-refractivity contribution < 1.29 is 27.4 Å². The van der Waals surface area contributed by atoms with Crippen molar-refractivity contribution in [3.63, 3.8) is 0 Å². The van der Waals surface area contributed by atoms with E-state index in [0.29, 0.717) is 18.8 Å². The number of ether oxygens (including phenoxy) is 2. The monoisotopic (exact) mass is 432 g/mol. The molecule has 0 spiro atoms. The van der Waals surface area contributed by atoms with E-state index >= 15 is 0 Å². The number of nitrogens with zero attached hydrogens (tertiary/aromatic N) is 1. The highest BCUT2D eigenvalue weighted by Gasteiger charge is 2.35. The fraction of sp³-hybridized carbons (Fsp3) is 0.333. The van der Waals surface area contributed by atoms with Crippen molar-refractivity contribution in [1.82, 2.24) is 10.3 Å². The van der Waals surface area contributed by atoms with Crippen LogP contribution in [-0.4, -0.2) is 36.8 Å². The summed E-state index contributed by atoms with van der Waals surface area (Å²) in [7, 11) is 0. The molecule has 3 rings (SSSR count). The van der Waals surface area contributed by atoms with Gasteiger partial charge in [0.2, 0.25) is 0 Å². The second-order valence-corrected chi connectivity index (χ2v) is 6.42. The van der Waals surface area contributed by atoms with Gasteiger partial charge in [-0.05, 0) is 37.3 Å². The minimum absolute atomic E-state index is 0. The van der Waals surface area contributed by atoms with Gasteiger partial charge in [-0.15, -0.1) is 12.4 Å². The molecule has 0 bridgehead atoms. The van der Waals surface area contributed by atoms with Crippen LogP contribution in [0.1, 0.15) is 23.0 Å². The van der Waals surface area contributed by atoms with Crippen molar-refractivity contribution in [2.75, 3.05) is 18.4 Å². The number of nitrogens with two attached hydrogens (primary N) is 1. The molecule has 2 aromatic rings. The van der Waals surface area contributed by atoms with E-state index in [-0.39, 0.29) is 29.4 Å². The van der Waals surface area contributed by atoms with E-state index in [1.165, 1.54) is 30.3 Å². The quantitative estimate of drug-likeness (QED) is 0.672. The number of hydrogen-bond acceptors (Lipinski definition) is 6. The number of halogens is 4. The van der Waals surface area contributed by atoms with Gasteiger partial charge in [-0.2, -0.15) is 8.78 Å². The van der Waals surface area contributed by atoms with Gasteiger partial charge in [-0.25, -0.2) is 9.37 Å². The third-order valence-corrected chi connectivity index (χ3v) is 4.21. The number of hydrogen-bond donors (Lipinski definition) is 3. The summed E-state index contributed by atoms with van der Waals surface area (Å²) in [6, 6.07) is 6.51. The first kappa shape index (κ1) is 22.9. The first-order valence-electron chi connectivity index (χ1n) is 8.43. The van der Waals surface area contributed by atoms with E-state index in [9.17, 15) is 18.0 Å². The number of pyridine rings is 1. The number of amides is 1. The number of alkyl halides is 2. The fourth-order valence-corrected chi connectivity index (χ4v) is 2.92. The molecule has 4 N–H and O–H groups in total. The highest BCUT2D eigenvalue weighted by Crippen LogP contribution is 2.31. The molecule has 1 fully saturated rings. The molecule has 2 atom stereocenters. The van der Waals surface area contributed by atoms with Crippen molar-refractivity contribution in [2.45, 2.75) is 25.4 Å². The number of aromatic nitrogens is 1. The lowest BCUT2D eigenvalue weighted by atomic mass is 9.93. The van der Waals surface area contributed by atoms with Crippen LogP contribution in [0.15, 0.2) is 36.5 Å². The lowest BCUT2D eigenvalue weighted by Gasteiger charge is -2.38. The van der Waals surface area contributed by atoms with Gasteiger partial charge < -0.3 is 25.8 Å². The van der Waals surface area contributed by atoms with Crippen LogP contribution in [0.3, 0.4) is 0 Å². The smallest absolute Gasteiger partial charge is 0.387 e. The molecule has 0 radical (unpaired) electrons. The molecule has 0 saturated carbocycles. The van der Waals surface area contributed by atoms with Crippen LogP contribution in [0.5, 0.6) is 5.75 Å². The number of rotatable bonds is 5. The van der Waals surface area contributed by atoms with E-state index in [4.69, 9.17) is 10.5 Å². The maximum absolute atomic E-state index is 14.4. The Morgan fingerprint density at radius 2 is 2.17 bits per heavy atom. The first-order chi connectivity index (χ1) is 13.3. The van der Waals surface area contributed by atoms with Crippen LogP contribution in [0.4, 0.5) is 18.9 Å². The molecule has 1 aromatic heterocycles. The number of nitrogens with one attached hydrogen (secondary N) is 2. The normalized spacial score (nSPS) is 21.4. The van der Waals surface area contributed by atoms with Gasteiger partial charge in [-0.1, -0.05) is 0 Å². The zero-order valence-electron chi connectivity index (χ0n) is 15.3. The third-order valence-electron chi connectivity index (χ3n) is 4.21. The van der Waals surface area contributed by atoms with E-state index in [1.54, 1.807) is 6.92 Å². The molecule has 1 unspecified atom stereocenters. The summed E-state index contributed by atoms with van der Waals surface area (Å²) in [5, 5.41) is 5.67. The Bertz CT molecular complexity index is 857. The average Bonchev–Trinajstić information content (AvgIpc) is 2.63. The maximum atomic E-state index is 14.4. The largest absolute Gasteiger partial charge is 0.433 e. The van der Waals surface area contributed by atoms with Crippen LogP contribution in [0.2, 0.25) is 0 Å². The number of benzene rings is 1. The predicted molar refractivity (Wildman–Crippen MR) is 102 cm³/mol. The molecule has 1 saturated heterocycles. The summed E-state index contributed by atoms with van der Waals surface area (Å²) in [5.74, 6) is -1.25. The molecular formula is C18H20ClF3N4O3. The molecular weight excluding hydrogens is 413 g/mol. The van der Waals surface area contributed by atoms with Crippen molar-refractivity contribution in [2.24, 2.45) is 5.73 Å². The highest BCUT2D eigenvalue weighted by atomic mass is 35.5. The fourth-order valence-electron chi connectivity index (χ4n) is 2.92. The zero-order chi connectivity index (χ0) is 20.3. The molecule has 1 aliphatic rings.